The third kappa shape index (κ3) is 4.09. The number of nitrogens with one attached hydrogen (secondary N) is 1. The third-order valence-corrected chi connectivity index (χ3v) is 5.98. The van der Waals surface area contributed by atoms with Crippen LogP contribution in [0.25, 0.3) is 5.69 Å². The Balaban J connectivity index is 1.65. The maximum atomic E-state index is 13.1. The molecule has 1 N–H and O–H groups in total. The number of amides is 1. The number of halogens is 3. The zero-order chi connectivity index (χ0) is 21.7. The van der Waals surface area contributed by atoms with E-state index >= 15 is 0 Å². The fraction of sp³-hybridized carbons (Fsp3) is 0.400. The molecule has 0 spiro atoms. The molecule has 10 heteroatoms. The van der Waals surface area contributed by atoms with Gasteiger partial charge in [0, 0.05) is 11.3 Å². The molecular weight excluding hydrogens is 415 g/mol. The number of nitrogens with zero attached hydrogens (tertiary/aromatic N) is 4. The number of anilines is 1. The van der Waals surface area contributed by atoms with E-state index in [1.165, 1.54) is 28.3 Å². The number of carbonyl (C=O) groups is 1. The van der Waals surface area contributed by atoms with Gasteiger partial charge in [-0.3, -0.25) is 10.1 Å². The van der Waals surface area contributed by atoms with Gasteiger partial charge in [0.1, 0.15) is 5.01 Å². The molecule has 3 aromatic rings. The van der Waals surface area contributed by atoms with Crippen molar-refractivity contribution in [2.24, 2.45) is 0 Å². The average Bonchev–Trinajstić information content (AvgIpc) is 3.21. The Labute approximate surface area is 175 Å². The zero-order valence-electron chi connectivity index (χ0n) is 16.6. The lowest BCUT2D eigenvalue weighted by atomic mass is 9.98. The first-order valence-corrected chi connectivity index (χ1v) is 10.3. The highest BCUT2D eigenvalue weighted by molar-refractivity contribution is 7.15. The second-order valence-corrected chi connectivity index (χ2v) is 9.27. The van der Waals surface area contributed by atoms with Crippen molar-refractivity contribution in [2.45, 2.75) is 51.1 Å². The summed E-state index contributed by atoms with van der Waals surface area (Å²) >= 11 is 1.29. The van der Waals surface area contributed by atoms with E-state index in [9.17, 15) is 18.0 Å². The van der Waals surface area contributed by atoms with E-state index in [0.29, 0.717) is 16.4 Å². The van der Waals surface area contributed by atoms with Gasteiger partial charge in [0.15, 0.2) is 0 Å². The number of alkyl halides is 3. The lowest BCUT2D eigenvalue weighted by Gasteiger charge is -2.12. The van der Waals surface area contributed by atoms with Gasteiger partial charge in [-0.1, -0.05) is 38.2 Å². The van der Waals surface area contributed by atoms with Crippen LogP contribution in [0.5, 0.6) is 0 Å². The molecule has 0 radical (unpaired) electrons. The summed E-state index contributed by atoms with van der Waals surface area (Å²) in [5.74, 6) is -0.311. The molecule has 0 bridgehead atoms. The van der Waals surface area contributed by atoms with Crippen LogP contribution in [0.4, 0.5) is 18.3 Å². The van der Waals surface area contributed by atoms with Crippen LogP contribution in [0.2, 0.25) is 0 Å². The first-order valence-electron chi connectivity index (χ1n) is 9.45. The average molecular weight is 435 g/mol. The fourth-order valence-corrected chi connectivity index (χ4v) is 3.84. The molecule has 1 aromatic carbocycles. The largest absolute Gasteiger partial charge is 0.416 e. The van der Waals surface area contributed by atoms with Crippen LogP contribution >= 0.6 is 11.3 Å². The van der Waals surface area contributed by atoms with Gasteiger partial charge in [0.25, 0.3) is 5.91 Å². The van der Waals surface area contributed by atoms with Gasteiger partial charge in [-0.2, -0.15) is 18.3 Å². The summed E-state index contributed by atoms with van der Waals surface area (Å²) < 4.78 is 40.8. The van der Waals surface area contributed by atoms with Crippen LogP contribution < -0.4 is 5.32 Å². The van der Waals surface area contributed by atoms with Crippen molar-refractivity contribution in [1.29, 1.82) is 0 Å². The lowest BCUT2D eigenvalue weighted by Crippen LogP contribution is -2.14. The first kappa shape index (κ1) is 20.5. The summed E-state index contributed by atoms with van der Waals surface area (Å²) in [4.78, 5) is 12.9. The molecule has 30 heavy (non-hydrogen) atoms. The topological polar surface area (TPSA) is 72.7 Å². The van der Waals surface area contributed by atoms with Crippen LogP contribution in [0.3, 0.4) is 0 Å². The predicted molar refractivity (Wildman–Crippen MR) is 107 cm³/mol. The van der Waals surface area contributed by atoms with E-state index in [-0.39, 0.29) is 17.0 Å². The van der Waals surface area contributed by atoms with Crippen LogP contribution in [0.15, 0.2) is 30.5 Å². The number of carbonyl (C=O) groups excluding carboxylic acids is 1. The molecule has 1 saturated carbocycles. The number of hydrogen-bond donors (Lipinski definition) is 1. The molecule has 1 aliphatic carbocycles. The molecule has 1 amide bonds. The van der Waals surface area contributed by atoms with Crippen LogP contribution in [0.1, 0.15) is 66.2 Å². The van der Waals surface area contributed by atoms with E-state index in [0.717, 1.165) is 30.0 Å². The highest BCUT2D eigenvalue weighted by Gasteiger charge is 2.35. The summed E-state index contributed by atoms with van der Waals surface area (Å²) in [6.45, 7) is 6.01. The van der Waals surface area contributed by atoms with Gasteiger partial charge in [-0.25, -0.2) is 4.68 Å². The van der Waals surface area contributed by atoms with Gasteiger partial charge in [0.05, 0.1) is 28.7 Å². The summed E-state index contributed by atoms with van der Waals surface area (Å²) in [7, 11) is 0. The highest BCUT2D eigenvalue weighted by Crippen LogP contribution is 2.43. The molecule has 2 aromatic heterocycles. The number of aromatic nitrogens is 4. The highest BCUT2D eigenvalue weighted by atomic mass is 32.1. The van der Waals surface area contributed by atoms with E-state index in [1.54, 1.807) is 6.07 Å². The minimum absolute atomic E-state index is 0.0855. The van der Waals surface area contributed by atoms with Crippen molar-refractivity contribution in [3.8, 4) is 5.69 Å². The Morgan fingerprint density at radius 2 is 1.93 bits per heavy atom. The van der Waals surface area contributed by atoms with Crippen molar-refractivity contribution in [1.82, 2.24) is 20.0 Å². The lowest BCUT2D eigenvalue weighted by molar-refractivity contribution is -0.137. The second kappa shape index (κ2) is 7.19. The van der Waals surface area contributed by atoms with E-state index in [4.69, 9.17) is 0 Å². The normalized spacial score (nSPS) is 14.7. The quantitative estimate of drug-likeness (QED) is 0.614. The van der Waals surface area contributed by atoms with Crippen molar-refractivity contribution in [3.63, 3.8) is 0 Å². The Kier molecular flexibility index (Phi) is 4.92. The molecule has 0 atom stereocenters. The van der Waals surface area contributed by atoms with Gasteiger partial charge in [0.2, 0.25) is 5.13 Å². The molecule has 0 saturated heterocycles. The molecule has 1 aliphatic rings. The molecule has 0 unspecified atom stereocenters. The van der Waals surface area contributed by atoms with E-state index in [2.05, 4.69) is 20.6 Å². The molecule has 2 heterocycles. The van der Waals surface area contributed by atoms with Gasteiger partial charge < -0.3 is 0 Å². The molecular formula is C20H20F3N5OS. The predicted octanol–water partition coefficient (Wildman–Crippen LogP) is 5.17. The van der Waals surface area contributed by atoms with Crippen LogP contribution in [-0.2, 0) is 11.6 Å². The van der Waals surface area contributed by atoms with Crippen molar-refractivity contribution >= 4 is 22.4 Å². The standard InChI is InChI=1S/C20H20F3N5OS/c1-19(2,3)17-26-27-18(30-17)25-16(29)14-10-24-28(15(14)11-7-8-11)13-6-4-5-12(9-13)20(21,22)23/h4-6,9-11H,7-8H2,1-3H3,(H,25,27,29). The molecule has 6 nitrogen and oxygen atoms in total. The third-order valence-electron chi connectivity index (χ3n) is 4.72. The fourth-order valence-electron chi connectivity index (χ4n) is 3.04. The van der Waals surface area contributed by atoms with E-state index < -0.39 is 17.6 Å². The van der Waals surface area contributed by atoms with Gasteiger partial charge in [-0.05, 0) is 31.0 Å². The Hall–Kier alpha value is -2.75. The maximum Gasteiger partial charge on any atom is 0.416 e. The van der Waals surface area contributed by atoms with Crippen molar-refractivity contribution in [2.75, 3.05) is 5.32 Å². The number of benzene rings is 1. The maximum absolute atomic E-state index is 13.1. The molecule has 1 fully saturated rings. The van der Waals surface area contributed by atoms with Gasteiger partial charge in [-0.15, -0.1) is 10.2 Å². The number of rotatable bonds is 4. The minimum Gasteiger partial charge on any atom is -0.296 e. The monoisotopic (exact) mass is 435 g/mol. The Bertz CT molecular complexity index is 1090. The zero-order valence-corrected chi connectivity index (χ0v) is 17.4. The smallest absolute Gasteiger partial charge is 0.296 e. The minimum atomic E-state index is -4.45. The molecule has 0 aliphatic heterocycles. The second-order valence-electron chi connectivity index (χ2n) is 8.29. The van der Waals surface area contributed by atoms with E-state index in [1.807, 2.05) is 20.8 Å². The number of hydrogen-bond acceptors (Lipinski definition) is 5. The molecule has 158 valence electrons. The van der Waals surface area contributed by atoms with Crippen molar-refractivity contribution in [3.05, 3.63) is 52.3 Å². The first-order chi connectivity index (χ1) is 14.0. The Morgan fingerprint density at radius 1 is 1.20 bits per heavy atom. The summed E-state index contributed by atoms with van der Waals surface area (Å²) in [6.07, 6.45) is -1.34. The molecule has 4 rings (SSSR count). The van der Waals surface area contributed by atoms with Crippen LogP contribution in [-0.4, -0.2) is 25.9 Å². The summed E-state index contributed by atoms with van der Waals surface area (Å²) in [5.41, 5.74) is 0.284. The van der Waals surface area contributed by atoms with Crippen LogP contribution in [0, 0.1) is 0 Å². The Morgan fingerprint density at radius 3 is 2.53 bits per heavy atom. The summed E-state index contributed by atoms with van der Waals surface area (Å²) in [6, 6.07) is 4.95. The summed E-state index contributed by atoms with van der Waals surface area (Å²) in [5, 5.41) is 16.3. The SMILES string of the molecule is CC(C)(C)c1nnc(NC(=O)c2cnn(-c3cccc(C(F)(F)F)c3)c2C2CC2)s1. The van der Waals surface area contributed by atoms with Crippen molar-refractivity contribution < 1.29 is 18.0 Å². The van der Waals surface area contributed by atoms with Gasteiger partial charge >= 0.3 is 6.18 Å².